The molecule has 31 heavy (non-hydrogen) atoms. The van der Waals surface area contributed by atoms with Gasteiger partial charge in [0.2, 0.25) is 11.7 Å². The quantitative estimate of drug-likeness (QED) is 0.659. The number of nitrogens with zero attached hydrogens (tertiary/aromatic N) is 4. The molecule has 1 saturated heterocycles. The van der Waals surface area contributed by atoms with Crippen molar-refractivity contribution in [3.05, 3.63) is 42.0 Å². The third-order valence-electron chi connectivity index (χ3n) is 5.36. The van der Waals surface area contributed by atoms with Gasteiger partial charge in [-0.25, -0.2) is 4.98 Å². The van der Waals surface area contributed by atoms with E-state index in [0.717, 1.165) is 0 Å². The summed E-state index contributed by atoms with van der Waals surface area (Å²) in [7, 11) is 1.75. The summed E-state index contributed by atoms with van der Waals surface area (Å²) in [6.45, 7) is 1.12. The van der Waals surface area contributed by atoms with Crippen molar-refractivity contribution in [1.82, 2.24) is 24.6 Å². The Morgan fingerprint density at radius 2 is 2.00 bits per heavy atom. The van der Waals surface area contributed by atoms with Crippen LogP contribution in [-0.2, 0) is 18.0 Å². The Balaban J connectivity index is 1.31. The molecule has 3 aromatic rings. The van der Waals surface area contributed by atoms with Gasteiger partial charge in [-0.2, -0.15) is 18.3 Å². The first-order chi connectivity index (χ1) is 14.7. The van der Waals surface area contributed by atoms with Crippen molar-refractivity contribution in [2.45, 2.75) is 25.4 Å². The van der Waals surface area contributed by atoms with E-state index in [1.807, 2.05) is 0 Å². The van der Waals surface area contributed by atoms with Gasteiger partial charge in [-0.15, -0.1) is 0 Å². The van der Waals surface area contributed by atoms with Crippen molar-refractivity contribution in [1.29, 1.82) is 0 Å². The van der Waals surface area contributed by atoms with Crippen LogP contribution >= 0.6 is 0 Å². The molecule has 3 heterocycles. The Kier molecular flexibility index (Phi) is 5.42. The summed E-state index contributed by atoms with van der Waals surface area (Å²) < 4.78 is 39.9. The lowest BCUT2D eigenvalue weighted by Gasteiger charge is -2.31. The second kappa shape index (κ2) is 8.05. The van der Waals surface area contributed by atoms with Crippen LogP contribution in [0.25, 0.3) is 11.0 Å². The van der Waals surface area contributed by atoms with Gasteiger partial charge >= 0.3 is 6.18 Å². The number of amides is 2. The number of aromatic amines is 1. The molecule has 0 bridgehead atoms. The number of carbonyl (C=O) groups excluding carboxylic acids is 2. The molecule has 8 nitrogen and oxygen atoms in total. The lowest BCUT2D eigenvalue weighted by Crippen LogP contribution is -2.39. The van der Waals surface area contributed by atoms with Gasteiger partial charge in [0.1, 0.15) is 0 Å². The van der Waals surface area contributed by atoms with Crippen LogP contribution in [0.1, 0.15) is 35.4 Å². The SMILES string of the molecule is Cn1cc(C(=O)N2CCC(CC(=O)Nc3ccc4nc(C(F)(F)F)[nH]c4c3)CC2)cn1. The van der Waals surface area contributed by atoms with Crippen LogP contribution in [0.3, 0.4) is 0 Å². The zero-order chi connectivity index (χ0) is 22.2. The maximum absolute atomic E-state index is 12.8. The Morgan fingerprint density at radius 3 is 2.65 bits per heavy atom. The fourth-order valence-electron chi connectivity index (χ4n) is 3.75. The Morgan fingerprint density at radius 1 is 1.26 bits per heavy atom. The number of rotatable bonds is 4. The van der Waals surface area contributed by atoms with Gasteiger partial charge in [0.25, 0.3) is 5.91 Å². The molecule has 2 amide bonds. The van der Waals surface area contributed by atoms with Crippen LogP contribution in [0, 0.1) is 5.92 Å². The van der Waals surface area contributed by atoms with E-state index in [1.54, 1.807) is 22.8 Å². The summed E-state index contributed by atoms with van der Waals surface area (Å²) in [4.78, 5) is 32.4. The van der Waals surface area contributed by atoms with Gasteiger partial charge in [0.05, 0.1) is 22.8 Å². The van der Waals surface area contributed by atoms with Crippen molar-refractivity contribution in [2.75, 3.05) is 18.4 Å². The van der Waals surface area contributed by atoms with E-state index in [-0.39, 0.29) is 35.2 Å². The highest BCUT2D eigenvalue weighted by Gasteiger charge is 2.34. The molecule has 11 heteroatoms. The number of anilines is 1. The Labute approximate surface area is 175 Å². The van der Waals surface area contributed by atoms with Crippen LogP contribution in [0.2, 0.25) is 0 Å². The summed E-state index contributed by atoms with van der Waals surface area (Å²) >= 11 is 0. The predicted molar refractivity (Wildman–Crippen MR) is 106 cm³/mol. The normalized spacial score (nSPS) is 15.4. The molecule has 0 atom stereocenters. The lowest BCUT2D eigenvalue weighted by molar-refractivity contribution is -0.144. The summed E-state index contributed by atoms with van der Waals surface area (Å²) in [5, 5.41) is 6.75. The maximum Gasteiger partial charge on any atom is 0.449 e. The van der Waals surface area contributed by atoms with Crippen LogP contribution in [0.5, 0.6) is 0 Å². The number of imidazole rings is 1. The standard InChI is InChI=1S/C20H21F3N6O2/c1-28-11-13(10-24-28)18(31)29-6-4-12(5-7-29)8-17(30)25-14-2-3-15-16(9-14)27-19(26-15)20(21,22)23/h2-3,9-12H,4-8H2,1H3,(H,25,30)(H,26,27). The summed E-state index contributed by atoms with van der Waals surface area (Å²) in [5.74, 6) is -1.22. The van der Waals surface area contributed by atoms with Gasteiger partial charge in [0, 0.05) is 38.4 Å². The number of benzene rings is 1. The Hall–Kier alpha value is -3.37. The van der Waals surface area contributed by atoms with E-state index in [9.17, 15) is 22.8 Å². The maximum atomic E-state index is 12.8. The van der Waals surface area contributed by atoms with Crippen LogP contribution < -0.4 is 5.32 Å². The average molecular weight is 434 g/mol. The van der Waals surface area contributed by atoms with Crippen molar-refractivity contribution in [3.63, 3.8) is 0 Å². The molecule has 2 aromatic heterocycles. The summed E-state index contributed by atoms with van der Waals surface area (Å²) in [6, 6.07) is 4.39. The molecule has 0 spiro atoms. The fraction of sp³-hybridized carbons (Fsp3) is 0.400. The first-order valence-electron chi connectivity index (χ1n) is 9.84. The third-order valence-corrected chi connectivity index (χ3v) is 5.36. The molecular formula is C20H21F3N6O2. The number of alkyl halides is 3. The van der Waals surface area contributed by atoms with Crippen LogP contribution in [-0.4, -0.2) is 49.6 Å². The molecule has 0 radical (unpaired) electrons. The smallest absolute Gasteiger partial charge is 0.339 e. The monoisotopic (exact) mass is 434 g/mol. The Bertz CT molecular complexity index is 1110. The van der Waals surface area contributed by atoms with E-state index in [2.05, 4.69) is 20.4 Å². The van der Waals surface area contributed by atoms with E-state index < -0.39 is 12.0 Å². The summed E-state index contributed by atoms with van der Waals surface area (Å²) in [5.41, 5.74) is 1.32. The number of aryl methyl sites for hydroxylation is 1. The molecule has 4 rings (SSSR count). The molecule has 164 valence electrons. The van der Waals surface area contributed by atoms with E-state index in [4.69, 9.17) is 0 Å². The number of H-pyrrole nitrogens is 1. The number of piperidine rings is 1. The number of carbonyl (C=O) groups is 2. The van der Waals surface area contributed by atoms with Crippen molar-refractivity contribution < 1.29 is 22.8 Å². The minimum absolute atomic E-state index is 0.0675. The first kappa shape index (κ1) is 20.9. The average Bonchev–Trinajstić information content (AvgIpc) is 3.33. The molecule has 1 fully saturated rings. The van der Waals surface area contributed by atoms with Gasteiger partial charge in [-0.1, -0.05) is 0 Å². The second-order valence-corrected chi connectivity index (χ2v) is 7.71. The lowest BCUT2D eigenvalue weighted by atomic mass is 9.93. The van der Waals surface area contributed by atoms with E-state index in [1.165, 1.54) is 24.4 Å². The number of hydrogen-bond acceptors (Lipinski definition) is 4. The fourth-order valence-corrected chi connectivity index (χ4v) is 3.75. The molecular weight excluding hydrogens is 413 g/mol. The van der Waals surface area contributed by atoms with Gasteiger partial charge < -0.3 is 15.2 Å². The highest BCUT2D eigenvalue weighted by molar-refractivity contribution is 5.94. The van der Waals surface area contributed by atoms with E-state index in [0.29, 0.717) is 37.2 Å². The van der Waals surface area contributed by atoms with Gasteiger partial charge in [-0.05, 0) is 37.0 Å². The molecule has 0 saturated carbocycles. The van der Waals surface area contributed by atoms with Crippen molar-refractivity contribution in [2.24, 2.45) is 13.0 Å². The third kappa shape index (κ3) is 4.70. The van der Waals surface area contributed by atoms with Crippen molar-refractivity contribution >= 4 is 28.5 Å². The number of likely N-dealkylation sites (tertiary alicyclic amines) is 1. The number of hydrogen-bond donors (Lipinski definition) is 2. The molecule has 0 unspecified atom stereocenters. The number of aromatic nitrogens is 4. The highest BCUT2D eigenvalue weighted by atomic mass is 19.4. The highest BCUT2D eigenvalue weighted by Crippen LogP contribution is 2.29. The summed E-state index contributed by atoms with van der Waals surface area (Å²) in [6.07, 6.45) is 0.341. The topological polar surface area (TPSA) is 95.9 Å². The molecule has 1 aromatic carbocycles. The largest absolute Gasteiger partial charge is 0.449 e. The molecule has 1 aliphatic rings. The number of nitrogens with one attached hydrogen (secondary N) is 2. The van der Waals surface area contributed by atoms with Gasteiger partial charge in [-0.3, -0.25) is 14.3 Å². The minimum atomic E-state index is -4.56. The second-order valence-electron chi connectivity index (χ2n) is 7.71. The van der Waals surface area contributed by atoms with Crippen LogP contribution in [0.15, 0.2) is 30.6 Å². The first-order valence-corrected chi connectivity index (χ1v) is 9.84. The van der Waals surface area contributed by atoms with Crippen LogP contribution in [0.4, 0.5) is 18.9 Å². The zero-order valence-electron chi connectivity index (χ0n) is 16.7. The minimum Gasteiger partial charge on any atom is -0.339 e. The molecule has 0 aliphatic carbocycles. The van der Waals surface area contributed by atoms with E-state index >= 15 is 0 Å². The zero-order valence-corrected chi connectivity index (χ0v) is 16.7. The molecule has 1 aliphatic heterocycles. The number of fused-ring (bicyclic) bond motifs is 1. The van der Waals surface area contributed by atoms with Crippen molar-refractivity contribution in [3.8, 4) is 0 Å². The van der Waals surface area contributed by atoms with Gasteiger partial charge in [0.15, 0.2) is 0 Å². The predicted octanol–water partition coefficient (Wildman–Crippen LogP) is 3.20. The number of halogens is 3. The molecule has 2 N–H and O–H groups in total.